The SMILES string of the molecule is Cn1cc(Cl)c2c3c(ccc21)OCCN(C(=O)OC(C)(C)C)C3. The molecule has 0 atom stereocenters. The number of hydrogen-bond acceptors (Lipinski definition) is 3. The second-order valence-corrected chi connectivity index (χ2v) is 7.18. The highest BCUT2D eigenvalue weighted by Gasteiger charge is 2.27. The standard InChI is InChI=1S/C17H21ClN2O3/c1-17(2,3)23-16(21)20-7-8-22-14-6-5-13-15(11(14)9-20)12(18)10-19(13)4/h5-6,10H,7-9H2,1-4H3. The number of carbonyl (C=O) groups is 1. The van der Waals surface area contributed by atoms with Gasteiger partial charge in [0, 0.05) is 29.7 Å². The molecule has 23 heavy (non-hydrogen) atoms. The number of amides is 1. The van der Waals surface area contributed by atoms with Gasteiger partial charge in [-0.05, 0) is 32.9 Å². The Balaban J connectivity index is 2.00. The number of aromatic nitrogens is 1. The van der Waals surface area contributed by atoms with Gasteiger partial charge in [0.05, 0.1) is 18.1 Å². The summed E-state index contributed by atoms with van der Waals surface area (Å²) in [6, 6.07) is 3.93. The normalized spacial score (nSPS) is 15.1. The first-order chi connectivity index (χ1) is 10.8. The van der Waals surface area contributed by atoms with Crippen molar-refractivity contribution in [3.05, 3.63) is 28.9 Å². The molecule has 0 aliphatic carbocycles. The van der Waals surface area contributed by atoms with Crippen molar-refractivity contribution >= 4 is 28.6 Å². The molecule has 0 fully saturated rings. The van der Waals surface area contributed by atoms with Crippen LogP contribution in [-0.2, 0) is 18.3 Å². The van der Waals surface area contributed by atoms with E-state index in [0.717, 1.165) is 22.2 Å². The molecule has 0 saturated carbocycles. The summed E-state index contributed by atoms with van der Waals surface area (Å²) in [5.41, 5.74) is 1.42. The zero-order chi connectivity index (χ0) is 16.8. The van der Waals surface area contributed by atoms with Gasteiger partial charge in [0.25, 0.3) is 0 Å². The van der Waals surface area contributed by atoms with Crippen LogP contribution in [0.15, 0.2) is 18.3 Å². The zero-order valence-corrected chi connectivity index (χ0v) is 14.6. The maximum absolute atomic E-state index is 12.4. The molecule has 0 saturated heterocycles. The Kier molecular flexibility index (Phi) is 3.92. The van der Waals surface area contributed by atoms with Crippen LogP contribution in [-0.4, -0.2) is 34.3 Å². The van der Waals surface area contributed by atoms with E-state index in [9.17, 15) is 4.79 Å². The van der Waals surface area contributed by atoms with E-state index in [2.05, 4.69) is 0 Å². The van der Waals surface area contributed by atoms with Crippen LogP contribution in [0.3, 0.4) is 0 Å². The molecular weight excluding hydrogens is 316 g/mol. The van der Waals surface area contributed by atoms with Crippen molar-refractivity contribution in [1.29, 1.82) is 0 Å². The van der Waals surface area contributed by atoms with Crippen LogP contribution in [0.4, 0.5) is 4.79 Å². The molecule has 6 heteroatoms. The van der Waals surface area contributed by atoms with Crippen LogP contribution in [0.1, 0.15) is 26.3 Å². The van der Waals surface area contributed by atoms with Crippen molar-refractivity contribution in [2.75, 3.05) is 13.2 Å². The topological polar surface area (TPSA) is 43.7 Å². The van der Waals surface area contributed by atoms with E-state index in [1.54, 1.807) is 4.90 Å². The predicted octanol–water partition coefficient (Wildman–Crippen LogP) is 3.96. The molecule has 0 unspecified atom stereocenters. The van der Waals surface area contributed by atoms with Gasteiger partial charge in [-0.25, -0.2) is 4.79 Å². The lowest BCUT2D eigenvalue weighted by Gasteiger charge is -2.26. The Hall–Kier alpha value is -1.88. The Morgan fingerprint density at radius 3 is 2.78 bits per heavy atom. The van der Waals surface area contributed by atoms with E-state index < -0.39 is 5.60 Å². The Bertz CT molecular complexity index is 761. The summed E-state index contributed by atoms with van der Waals surface area (Å²) in [5, 5.41) is 1.59. The van der Waals surface area contributed by atoms with E-state index in [1.165, 1.54) is 0 Å². The molecule has 1 aromatic carbocycles. The van der Waals surface area contributed by atoms with Crippen LogP contribution >= 0.6 is 11.6 Å². The highest BCUT2D eigenvalue weighted by molar-refractivity contribution is 6.36. The average molecular weight is 337 g/mol. The van der Waals surface area contributed by atoms with Crippen molar-refractivity contribution in [3.63, 3.8) is 0 Å². The van der Waals surface area contributed by atoms with E-state index in [4.69, 9.17) is 21.1 Å². The number of nitrogens with zero attached hydrogens (tertiary/aromatic N) is 2. The van der Waals surface area contributed by atoms with Crippen LogP contribution < -0.4 is 4.74 Å². The molecule has 1 amide bonds. The molecule has 0 spiro atoms. The summed E-state index contributed by atoms with van der Waals surface area (Å²) in [5.74, 6) is 0.775. The van der Waals surface area contributed by atoms with E-state index in [-0.39, 0.29) is 6.09 Å². The number of carbonyl (C=O) groups excluding carboxylic acids is 1. The molecule has 0 radical (unpaired) electrons. The van der Waals surface area contributed by atoms with Crippen LogP contribution in [0.5, 0.6) is 5.75 Å². The third-order valence-electron chi connectivity index (χ3n) is 3.79. The fraction of sp³-hybridized carbons (Fsp3) is 0.471. The van der Waals surface area contributed by atoms with Gasteiger partial charge in [0.1, 0.15) is 18.0 Å². The summed E-state index contributed by atoms with van der Waals surface area (Å²) < 4.78 is 13.3. The van der Waals surface area contributed by atoms with Gasteiger partial charge in [-0.1, -0.05) is 11.6 Å². The highest BCUT2D eigenvalue weighted by atomic mass is 35.5. The molecule has 2 heterocycles. The molecule has 124 valence electrons. The van der Waals surface area contributed by atoms with Crippen LogP contribution in [0.25, 0.3) is 10.9 Å². The smallest absolute Gasteiger partial charge is 0.410 e. The van der Waals surface area contributed by atoms with Crippen molar-refractivity contribution < 1.29 is 14.3 Å². The molecule has 1 aliphatic heterocycles. The molecule has 3 rings (SSSR count). The Morgan fingerprint density at radius 1 is 1.35 bits per heavy atom. The minimum absolute atomic E-state index is 0.335. The summed E-state index contributed by atoms with van der Waals surface area (Å²) in [6.07, 6.45) is 1.54. The monoisotopic (exact) mass is 336 g/mol. The van der Waals surface area contributed by atoms with Gasteiger partial charge >= 0.3 is 6.09 Å². The van der Waals surface area contributed by atoms with Gasteiger partial charge in [-0.3, -0.25) is 0 Å². The number of halogens is 1. The number of aryl methyl sites for hydroxylation is 1. The molecule has 5 nitrogen and oxygen atoms in total. The van der Waals surface area contributed by atoms with Crippen molar-refractivity contribution in [1.82, 2.24) is 9.47 Å². The third-order valence-corrected chi connectivity index (χ3v) is 4.08. The number of benzene rings is 1. The van der Waals surface area contributed by atoms with Gasteiger partial charge in [-0.15, -0.1) is 0 Å². The lowest BCUT2D eigenvalue weighted by molar-refractivity contribution is 0.0226. The first kappa shape index (κ1) is 16.0. The lowest BCUT2D eigenvalue weighted by Crippen LogP contribution is -2.37. The lowest BCUT2D eigenvalue weighted by atomic mass is 10.1. The Labute approximate surface area is 140 Å². The van der Waals surface area contributed by atoms with E-state index >= 15 is 0 Å². The van der Waals surface area contributed by atoms with Crippen LogP contribution in [0.2, 0.25) is 5.02 Å². The minimum atomic E-state index is -0.524. The predicted molar refractivity (Wildman–Crippen MR) is 90.1 cm³/mol. The summed E-state index contributed by atoms with van der Waals surface area (Å²) in [6.45, 7) is 6.92. The fourth-order valence-electron chi connectivity index (χ4n) is 2.79. The Morgan fingerprint density at radius 2 is 2.09 bits per heavy atom. The molecule has 1 aliphatic rings. The summed E-state index contributed by atoms with van der Waals surface area (Å²) in [7, 11) is 1.95. The van der Waals surface area contributed by atoms with Gasteiger partial charge in [0.15, 0.2) is 0 Å². The molecule has 2 aromatic rings. The molecule has 0 bridgehead atoms. The first-order valence-corrected chi connectivity index (χ1v) is 8.01. The number of fused-ring (bicyclic) bond motifs is 3. The largest absolute Gasteiger partial charge is 0.491 e. The number of rotatable bonds is 0. The summed E-state index contributed by atoms with van der Waals surface area (Å²) >= 11 is 6.39. The van der Waals surface area contributed by atoms with Gasteiger partial charge in [-0.2, -0.15) is 0 Å². The van der Waals surface area contributed by atoms with Gasteiger partial charge < -0.3 is 18.9 Å². The molecular formula is C17H21ClN2O3. The second kappa shape index (κ2) is 5.64. The molecule has 1 aromatic heterocycles. The van der Waals surface area contributed by atoms with Crippen molar-refractivity contribution in [3.8, 4) is 5.75 Å². The van der Waals surface area contributed by atoms with Crippen molar-refractivity contribution in [2.24, 2.45) is 7.05 Å². The maximum Gasteiger partial charge on any atom is 0.410 e. The molecule has 0 N–H and O–H groups in total. The highest BCUT2D eigenvalue weighted by Crippen LogP contribution is 2.36. The maximum atomic E-state index is 12.4. The second-order valence-electron chi connectivity index (χ2n) is 6.77. The third kappa shape index (κ3) is 3.11. The number of hydrogen-bond donors (Lipinski definition) is 0. The summed E-state index contributed by atoms with van der Waals surface area (Å²) in [4.78, 5) is 14.1. The average Bonchev–Trinajstić information content (AvgIpc) is 2.62. The van der Waals surface area contributed by atoms with E-state index in [1.807, 2.05) is 50.7 Å². The number of ether oxygens (including phenoxy) is 2. The fourth-order valence-corrected chi connectivity index (χ4v) is 3.15. The van der Waals surface area contributed by atoms with Crippen molar-refractivity contribution in [2.45, 2.75) is 32.9 Å². The first-order valence-electron chi connectivity index (χ1n) is 7.63. The van der Waals surface area contributed by atoms with Crippen LogP contribution in [0, 0.1) is 0 Å². The zero-order valence-electron chi connectivity index (χ0n) is 13.9. The minimum Gasteiger partial charge on any atom is -0.491 e. The quantitative estimate of drug-likeness (QED) is 0.731. The van der Waals surface area contributed by atoms with E-state index in [0.29, 0.717) is 24.7 Å². The van der Waals surface area contributed by atoms with Gasteiger partial charge in [0.2, 0.25) is 0 Å².